The van der Waals surface area contributed by atoms with E-state index in [4.69, 9.17) is 0 Å². The fraction of sp³-hybridized carbons (Fsp3) is 0.417. The molecule has 0 N–H and O–H groups in total. The van der Waals surface area contributed by atoms with E-state index < -0.39 is 0 Å². The number of nitrogens with zero attached hydrogens (tertiary/aromatic N) is 2. The highest BCUT2D eigenvalue weighted by Gasteiger charge is 2.29. The van der Waals surface area contributed by atoms with Gasteiger partial charge in [-0.15, -0.1) is 17.9 Å². The van der Waals surface area contributed by atoms with Crippen molar-refractivity contribution in [1.29, 1.82) is 0 Å². The Kier molecular flexibility index (Phi) is 7.80. The summed E-state index contributed by atoms with van der Waals surface area (Å²) in [7, 11) is 0. The largest absolute Gasteiger partial charge is 0.332 e. The van der Waals surface area contributed by atoms with Crippen LogP contribution in [-0.2, 0) is 22.7 Å². The van der Waals surface area contributed by atoms with Gasteiger partial charge in [-0.2, -0.15) is 0 Å². The normalized spacial score (nSPS) is 13.9. The quantitative estimate of drug-likeness (QED) is 0.532. The molecule has 30 heavy (non-hydrogen) atoms. The average Bonchev–Trinajstić information content (AvgIpc) is 3.40. The van der Waals surface area contributed by atoms with Crippen molar-refractivity contribution >= 4 is 23.2 Å². The molecule has 1 aliphatic rings. The van der Waals surface area contributed by atoms with Crippen molar-refractivity contribution in [2.45, 2.75) is 45.7 Å². The number of hydrogen-bond donors (Lipinski definition) is 0. The van der Waals surface area contributed by atoms with Gasteiger partial charge >= 0.3 is 0 Å². The molecule has 0 aliphatic heterocycles. The van der Waals surface area contributed by atoms with E-state index in [9.17, 15) is 14.0 Å². The Hall–Kier alpha value is -2.47. The Balaban J connectivity index is 1.75. The van der Waals surface area contributed by atoms with Gasteiger partial charge in [-0.25, -0.2) is 4.39 Å². The Morgan fingerprint density at radius 2 is 1.80 bits per heavy atom. The highest BCUT2D eigenvalue weighted by Crippen LogP contribution is 2.27. The molecule has 6 heteroatoms. The molecule has 1 saturated carbocycles. The molecular weight excluding hydrogens is 399 g/mol. The number of hydrogen-bond acceptors (Lipinski definition) is 3. The molecule has 2 aromatic rings. The van der Waals surface area contributed by atoms with Gasteiger partial charge in [-0.3, -0.25) is 9.59 Å². The molecule has 160 valence electrons. The number of amides is 2. The third-order valence-electron chi connectivity index (χ3n) is 5.47. The second-order valence-corrected chi connectivity index (χ2v) is 9.25. The van der Waals surface area contributed by atoms with Crippen molar-refractivity contribution in [2.75, 3.05) is 13.1 Å². The lowest BCUT2D eigenvalue weighted by atomic mass is 10.1. The minimum absolute atomic E-state index is 0.0169. The van der Waals surface area contributed by atoms with E-state index >= 15 is 0 Å². The fourth-order valence-corrected chi connectivity index (χ4v) is 4.79. The molecule has 1 aromatic carbocycles. The van der Waals surface area contributed by atoms with Gasteiger partial charge in [0.25, 0.3) is 0 Å². The monoisotopic (exact) mass is 428 g/mol. The van der Waals surface area contributed by atoms with Gasteiger partial charge in [0.1, 0.15) is 12.4 Å². The second-order valence-electron chi connectivity index (χ2n) is 7.88. The average molecular weight is 429 g/mol. The molecule has 3 rings (SSSR count). The molecule has 4 nitrogen and oxygen atoms in total. The maximum atomic E-state index is 13.3. The van der Waals surface area contributed by atoms with Crippen LogP contribution in [0.3, 0.4) is 0 Å². The summed E-state index contributed by atoms with van der Waals surface area (Å²) >= 11 is 1.65. The van der Waals surface area contributed by atoms with E-state index in [2.05, 4.69) is 6.58 Å². The zero-order valence-corrected chi connectivity index (χ0v) is 18.3. The van der Waals surface area contributed by atoms with E-state index in [1.54, 1.807) is 39.3 Å². The highest BCUT2D eigenvalue weighted by atomic mass is 32.1. The van der Waals surface area contributed by atoms with E-state index in [0.717, 1.165) is 36.1 Å². The van der Waals surface area contributed by atoms with Crippen LogP contribution in [0.2, 0.25) is 0 Å². The number of carbonyl (C=O) groups excluding carboxylic acids is 2. The second kappa shape index (κ2) is 10.5. The third-order valence-corrected chi connectivity index (χ3v) is 6.46. The summed E-state index contributed by atoms with van der Waals surface area (Å²) in [5.74, 6) is -0.346. The fourth-order valence-electron chi connectivity index (χ4n) is 3.88. The van der Waals surface area contributed by atoms with Crippen molar-refractivity contribution in [3.63, 3.8) is 0 Å². The van der Waals surface area contributed by atoms with E-state index in [-0.39, 0.29) is 30.1 Å². The molecule has 1 aromatic heterocycles. The lowest BCUT2D eigenvalue weighted by Crippen LogP contribution is -2.44. The highest BCUT2D eigenvalue weighted by molar-refractivity contribution is 7.11. The van der Waals surface area contributed by atoms with E-state index in [0.29, 0.717) is 19.6 Å². The Labute approximate surface area is 182 Å². The van der Waals surface area contributed by atoms with Crippen LogP contribution in [0.4, 0.5) is 4.39 Å². The summed E-state index contributed by atoms with van der Waals surface area (Å²) in [4.78, 5) is 31.8. The molecule has 0 unspecified atom stereocenters. The Morgan fingerprint density at radius 3 is 2.40 bits per heavy atom. The molecule has 0 atom stereocenters. The summed E-state index contributed by atoms with van der Waals surface area (Å²) in [6.45, 7) is 7.03. The van der Waals surface area contributed by atoms with Crippen molar-refractivity contribution in [1.82, 2.24) is 9.80 Å². The van der Waals surface area contributed by atoms with Crippen LogP contribution >= 0.6 is 11.3 Å². The minimum atomic E-state index is -0.301. The smallest absolute Gasteiger partial charge is 0.242 e. The van der Waals surface area contributed by atoms with Crippen LogP contribution in [0, 0.1) is 18.7 Å². The van der Waals surface area contributed by atoms with Gasteiger partial charge in [0, 0.05) is 28.8 Å². The third kappa shape index (κ3) is 6.02. The van der Waals surface area contributed by atoms with Gasteiger partial charge in [-0.1, -0.05) is 31.1 Å². The first-order valence-electron chi connectivity index (χ1n) is 10.4. The van der Waals surface area contributed by atoms with Crippen molar-refractivity contribution < 1.29 is 14.0 Å². The van der Waals surface area contributed by atoms with Crippen molar-refractivity contribution in [2.24, 2.45) is 5.92 Å². The summed E-state index contributed by atoms with van der Waals surface area (Å²) in [5.41, 5.74) is 0.857. The van der Waals surface area contributed by atoms with Crippen LogP contribution in [-0.4, -0.2) is 34.7 Å². The predicted molar refractivity (Wildman–Crippen MR) is 118 cm³/mol. The van der Waals surface area contributed by atoms with Crippen LogP contribution in [0.15, 0.2) is 49.1 Å². The maximum Gasteiger partial charge on any atom is 0.242 e. The number of benzene rings is 1. The first kappa shape index (κ1) is 22.2. The predicted octanol–water partition coefficient (Wildman–Crippen LogP) is 4.93. The van der Waals surface area contributed by atoms with Crippen molar-refractivity contribution in [3.05, 3.63) is 70.2 Å². The summed E-state index contributed by atoms with van der Waals surface area (Å²) < 4.78 is 13.3. The first-order valence-corrected chi connectivity index (χ1v) is 11.2. The van der Waals surface area contributed by atoms with Gasteiger partial charge in [0.15, 0.2) is 0 Å². The molecular formula is C24H29FN2O2S. The molecule has 0 radical (unpaired) electrons. The first-order chi connectivity index (χ1) is 14.5. The molecule has 1 fully saturated rings. The summed E-state index contributed by atoms with van der Waals surface area (Å²) in [6, 6.07) is 10.3. The molecule has 1 aliphatic carbocycles. The van der Waals surface area contributed by atoms with Gasteiger partial charge in [0.05, 0.1) is 6.54 Å². The molecule has 1 heterocycles. The lowest BCUT2D eigenvalue weighted by molar-refractivity contribution is -0.143. The standard InChI is InChI=1S/C24H29FN2O2S/c1-3-14-26(24(29)20-6-4-5-7-20)17-23(28)27(16-22-13-8-18(2)30-22)15-19-9-11-21(25)12-10-19/h3,8-13,20H,1,4-7,14-17H2,2H3. The molecule has 0 bridgehead atoms. The van der Waals surface area contributed by atoms with Crippen LogP contribution in [0.1, 0.15) is 41.0 Å². The van der Waals surface area contributed by atoms with Crippen LogP contribution < -0.4 is 0 Å². The summed E-state index contributed by atoms with van der Waals surface area (Å²) in [6.07, 6.45) is 5.61. The number of halogens is 1. The van der Waals surface area contributed by atoms with Gasteiger partial charge in [0.2, 0.25) is 11.8 Å². The van der Waals surface area contributed by atoms with Gasteiger partial charge in [-0.05, 0) is 49.6 Å². The molecule has 2 amide bonds. The lowest BCUT2D eigenvalue weighted by Gasteiger charge is -2.28. The molecule has 0 saturated heterocycles. The van der Waals surface area contributed by atoms with Gasteiger partial charge < -0.3 is 9.80 Å². The zero-order chi connectivity index (χ0) is 21.5. The topological polar surface area (TPSA) is 40.6 Å². The number of aryl methyl sites for hydroxylation is 1. The Bertz CT molecular complexity index is 872. The zero-order valence-electron chi connectivity index (χ0n) is 17.5. The van der Waals surface area contributed by atoms with Crippen molar-refractivity contribution in [3.8, 4) is 0 Å². The van der Waals surface area contributed by atoms with E-state index in [1.165, 1.54) is 17.0 Å². The SMILES string of the molecule is C=CCN(CC(=O)N(Cc1ccc(F)cc1)Cc1ccc(C)s1)C(=O)C1CCCC1. The number of rotatable bonds is 9. The number of thiophene rings is 1. The van der Waals surface area contributed by atoms with Crippen LogP contribution in [0.5, 0.6) is 0 Å². The van der Waals surface area contributed by atoms with Crippen LogP contribution in [0.25, 0.3) is 0 Å². The summed E-state index contributed by atoms with van der Waals surface area (Å²) in [5, 5.41) is 0. The Morgan fingerprint density at radius 1 is 1.10 bits per heavy atom. The van der Waals surface area contributed by atoms with E-state index in [1.807, 2.05) is 19.1 Å². The number of carbonyl (C=O) groups is 2. The minimum Gasteiger partial charge on any atom is -0.332 e. The maximum absolute atomic E-state index is 13.3. The molecule has 0 spiro atoms.